The zero-order chi connectivity index (χ0) is 20.1. The van der Waals surface area contributed by atoms with Crippen LogP contribution in [0.25, 0.3) is 39.0 Å². The monoisotopic (exact) mass is 569 g/mol. The summed E-state index contributed by atoms with van der Waals surface area (Å²) >= 11 is 0. The molecule has 2 heterocycles. The molecule has 0 bridgehead atoms. The molecular weight excluding hydrogens is 551 g/mol. The van der Waals surface area contributed by atoms with Crippen LogP contribution in [-0.4, -0.2) is 9.55 Å². The Bertz CT molecular complexity index is 1430. The van der Waals surface area contributed by atoms with Gasteiger partial charge in [-0.05, 0) is 38.0 Å². The van der Waals surface area contributed by atoms with Gasteiger partial charge in [-0.3, -0.25) is 4.98 Å². The van der Waals surface area contributed by atoms with Crippen molar-refractivity contribution in [3.8, 4) is 23.1 Å². The first-order valence-electron chi connectivity index (χ1n) is 9.47. The molecule has 2 aromatic heterocycles. The van der Waals surface area contributed by atoms with Crippen molar-refractivity contribution in [1.82, 2.24) is 9.55 Å². The van der Waals surface area contributed by atoms with Crippen molar-refractivity contribution in [3.05, 3.63) is 83.2 Å². The molecule has 0 fully saturated rings. The third-order valence-electron chi connectivity index (χ3n) is 5.26. The van der Waals surface area contributed by atoms with Crippen LogP contribution in [-0.2, 0) is 20.1 Å². The van der Waals surface area contributed by atoms with Crippen LogP contribution in [0.15, 0.2) is 59.1 Å². The summed E-state index contributed by atoms with van der Waals surface area (Å²) in [5, 5.41) is 11.6. The first kappa shape index (κ1) is 20.1. The molecule has 0 saturated heterocycles. The van der Waals surface area contributed by atoms with Crippen molar-refractivity contribution < 1.29 is 24.5 Å². The standard InChI is InChI=1S/C25H18N3O.Ir/c1-15-11-16(2)23(17(3)12-15)28-14-18(13-26)27-25(28)21-9-6-8-20-19-7-4-5-10-22(19)29-24(20)21;/h4-8,10-12,14H,1-3H3;/q-1;. The quantitative estimate of drug-likeness (QED) is 0.244. The Morgan fingerprint density at radius 2 is 1.77 bits per heavy atom. The number of furan rings is 1. The summed E-state index contributed by atoms with van der Waals surface area (Å²) in [5.41, 5.74) is 7.15. The second-order valence-electron chi connectivity index (χ2n) is 7.37. The van der Waals surface area contributed by atoms with E-state index in [2.05, 4.69) is 50.0 Å². The number of imidazole rings is 1. The maximum absolute atomic E-state index is 9.52. The molecule has 0 aliphatic heterocycles. The largest absolute Gasteiger partial charge is 0.501 e. The summed E-state index contributed by atoms with van der Waals surface area (Å²) in [6.07, 6.45) is 1.79. The number of aryl methyl sites for hydroxylation is 3. The Labute approximate surface area is 188 Å². The molecule has 0 atom stereocenters. The van der Waals surface area contributed by atoms with Crippen molar-refractivity contribution in [1.29, 1.82) is 5.26 Å². The Hall–Kier alpha value is -3.19. The van der Waals surface area contributed by atoms with E-state index in [-0.39, 0.29) is 20.1 Å². The number of aromatic nitrogens is 2. The third kappa shape index (κ3) is 3.06. The summed E-state index contributed by atoms with van der Waals surface area (Å²) < 4.78 is 8.17. The molecule has 0 N–H and O–H groups in total. The van der Waals surface area contributed by atoms with Crippen molar-refractivity contribution in [3.63, 3.8) is 0 Å². The van der Waals surface area contributed by atoms with Gasteiger partial charge in [0, 0.05) is 37.4 Å². The van der Waals surface area contributed by atoms with E-state index >= 15 is 0 Å². The topological polar surface area (TPSA) is 54.8 Å². The summed E-state index contributed by atoms with van der Waals surface area (Å²) in [6.45, 7) is 6.25. The van der Waals surface area contributed by atoms with E-state index < -0.39 is 0 Å². The van der Waals surface area contributed by atoms with Crippen LogP contribution in [0.5, 0.6) is 0 Å². The van der Waals surface area contributed by atoms with Crippen molar-refractivity contribution in [2.24, 2.45) is 0 Å². The molecule has 0 amide bonds. The van der Waals surface area contributed by atoms with Crippen LogP contribution in [0.4, 0.5) is 0 Å². The molecule has 149 valence electrons. The third-order valence-corrected chi connectivity index (χ3v) is 5.26. The maximum Gasteiger partial charge on any atom is 0.148 e. The Morgan fingerprint density at radius 3 is 2.50 bits per heavy atom. The van der Waals surface area contributed by atoms with E-state index in [1.54, 1.807) is 6.20 Å². The SMILES string of the molecule is Cc1cc(C)c(-n2cc(C#N)nc2-c2[c-]ccc3c2oc2ccccc23)c(C)c1.[Ir]. The maximum atomic E-state index is 9.52. The number of para-hydroxylation sites is 1. The minimum Gasteiger partial charge on any atom is -0.501 e. The van der Waals surface area contributed by atoms with E-state index in [0.717, 1.165) is 44.3 Å². The van der Waals surface area contributed by atoms with Crippen LogP contribution in [0.1, 0.15) is 22.4 Å². The smallest absolute Gasteiger partial charge is 0.148 e. The molecule has 5 heteroatoms. The average molecular weight is 569 g/mol. The Morgan fingerprint density at radius 1 is 1.03 bits per heavy atom. The van der Waals surface area contributed by atoms with Gasteiger partial charge in [0.2, 0.25) is 0 Å². The molecule has 5 rings (SSSR count). The van der Waals surface area contributed by atoms with Gasteiger partial charge >= 0.3 is 0 Å². The number of benzene rings is 3. The first-order valence-corrected chi connectivity index (χ1v) is 9.47. The van der Waals surface area contributed by atoms with Crippen molar-refractivity contribution in [2.45, 2.75) is 20.8 Å². The predicted molar refractivity (Wildman–Crippen MR) is 114 cm³/mol. The van der Waals surface area contributed by atoms with Gasteiger partial charge in [-0.2, -0.15) is 5.26 Å². The number of nitriles is 1. The molecule has 5 aromatic rings. The Balaban J connectivity index is 0.00000218. The van der Waals surface area contributed by atoms with E-state index in [1.807, 2.05) is 41.0 Å². The number of rotatable bonds is 2. The zero-order valence-electron chi connectivity index (χ0n) is 16.8. The fourth-order valence-electron chi connectivity index (χ4n) is 4.19. The van der Waals surface area contributed by atoms with Gasteiger partial charge in [0.1, 0.15) is 17.3 Å². The normalized spacial score (nSPS) is 10.9. The van der Waals surface area contributed by atoms with Crippen LogP contribution in [0.3, 0.4) is 0 Å². The molecule has 3 aromatic carbocycles. The van der Waals surface area contributed by atoms with Crippen molar-refractivity contribution >= 4 is 21.9 Å². The van der Waals surface area contributed by atoms with Crippen LogP contribution < -0.4 is 0 Å². The van der Waals surface area contributed by atoms with Gasteiger partial charge in [0.05, 0.1) is 11.4 Å². The predicted octanol–water partition coefficient (Wildman–Crippen LogP) is 6.03. The van der Waals surface area contributed by atoms with Gasteiger partial charge in [-0.25, -0.2) is 0 Å². The van der Waals surface area contributed by atoms with Gasteiger partial charge in [-0.15, -0.1) is 18.2 Å². The molecular formula is C25H18IrN3O-. The summed E-state index contributed by atoms with van der Waals surface area (Å²) in [5.74, 6) is 0.654. The molecule has 4 nitrogen and oxygen atoms in total. The molecule has 30 heavy (non-hydrogen) atoms. The molecule has 0 unspecified atom stereocenters. The van der Waals surface area contributed by atoms with Crippen LogP contribution in [0, 0.1) is 38.2 Å². The van der Waals surface area contributed by atoms with Crippen molar-refractivity contribution in [2.75, 3.05) is 0 Å². The second-order valence-corrected chi connectivity index (χ2v) is 7.37. The van der Waals surface area contributed by atoms with E-state index in [9.17, 15) is 5.26 Å². The number of nitrogens with zero attached hydrogens (tertiary/aromatic N) is 3. The van der Waals surface area contributed by atoms with Crippen LogP contribution >= 0.6 is 0 Å². The fourth-order valence-corrected chi connectivity index (χ4v) is 4.19. The fraction of sp³-hybridized carbons (Fsp3) is 0.120. The van der Waals surface area contributed by atoms with Gasteiger partial charge in [-0.1, -0.05) is 46.8 Å². The molecule has 0 saturated carbocycles. The second kappa shape index (κ2) is 7.57. The van der Waals surface area contributed by atoms with E-state index in [4.69, 9.17) is 4.42 Å². The Kier molecular flexibility index (Phi) is 5.07. The molecule has 0 aliphatic rings. The van der Waals surface area contributed by atoms with Gasteiger partial charge in [0.15, 0.2) is 0 Å². The molecule has 0 spiro atoms. The summed E-state index contributed by atoms with van der Waals surface area (Å²) in [7, 11) is 0. The summed E-state index contributed by atoms with van der Waals surface area (Å²) in [6, 6.07) is 21.6. The van der Waals surface area contributed by atoms with E-state index in [0.29, 0.717) is 11.5 Å². The molecule has 1 radical (unpaired) electrons. The number of fused-ring (bicyclic) bond motifs is 3. The minimum absolute atomic E-state index is 0. The molecule has 0 aliphatic carbocycles. The van der Waals surface area contributed by atoms with Gasteiger partial charge in [0.25, 0.3) is 0 Å². The van der Waals surface area contributed by atoms with E-state index in [1.165, 1.54) is 5.56 Å². The van der Waals surface area contributed by atoms with Gasteiger partial charge < -0.3 is 8.98 Å². The minimum atomic E-state index is 0. The zero-order valence-corrected chi connectivity index (χ0v) is 19.2. The number of hydrogen-bond donors (Lipinski definition) is 0. The number of hydrogen-bond acceptors (Lipinski definition) is 3. The van der Waals surface area contributed by atoms with Crippen LogP contribution in [0.2, 0.25) is 0 Å². The first-order chi connectivity index (χ1) is 14.1. The summed E-state index contributed by atoms with van der Waals surface area (Å²) in [4.78, 5) is 4.61. The average Bonchev–Trinajstić information content (AvgIpc) is 3.28.